The molecule has 3 aromatic rings. The summed E-state index contributed by atoms with van der Waals surface area (Å²) in [6.45, 7) is 3.71. The van der Waals surface area contributed by atoms with E-state index >= 15 is 0 Å². The number of fused-ring (bicyclic) bond motifs is 1. The van der Waals surface area contributed by atoms with Crippen LogP contribution in [0.4, 0.5) is 18.3 Å². The first kappa shape index (κ1) is 23.5. The minimum absolute atomic E-state index is 0.110. The van der Waals surface area contributed by atoms with Crippen molar-refractivity contribution in [1.82, 2.24) is 29.7 Å². The Kier molecular flexibility index (Phi) is 6.09. The normalized spacial score (nSPS) is 19.9. The number of nitrogens with zero attached hydrogens (tertiary/aromatic N) is 5. The van der Waals surface area contributed by atoms with Crippen LogP contribution in [0.2, 0.25) is 0 Å². The Labute approximate surface area is 203 Å². The lowest BCUT2D eigenvalue weighted by Crippen LogP contribution is -2.44. The molecule has 3 aromatic heterocycles. The molecule has 0 saturated carbocycles. The predicted octanol–water partition coefficient (Wildman–Crippen LogP) is 4.30. The maximum absolute atomic E-state index is 12.9. The minimum atomic E-state index is -4.24. The lowest BCUT2D eigenvalue weighted by atomic mass is 9.99. The number of pyridine rings is 1. The molecule has 1 aliphatic carbocycles. The third-order valence-electron chi connectivity index (χ3n) is 6.20. The summed E-state index contributed by atoms with van der Waals surface area (Å²) in [4.78, 5) is 28.9. The van der Waals surface area contributed by atoms with E-state index < -0.39 is 12.1 Å². The van der Waals surface area contributed by atoms with Crippen LogP contribution in [0.3, 0.4) is 0 Å². The zero-order valence-electron chi connectivity index (χ0n) is 19.1. The number of imidazole rings is 1. The molecular formula is C23H24F3N7OS. The molecule has 5 rings (SSSR count). The van der Waals surface area contributed by atoms with Crippen molar-refractivity contribution in [2.45, 2.75) is 31.6 Å². The van der Waals surface area contributed by atoms with Crippen LogP contribution in [-0.4, -0.2) is 56.6 Å². The van der Waals surface area contributed by atoms with Crippen LogP contribution in [0.15, 0.2) is 48.7 Å². The van der Waals surface area contributed by atoms with E-state index in [0.29, 0.717) is 22.6 Å². The number of rotatable bonds is 6. The molecule has 4 heterocycles. The maximum Gasteiger partial charge on any atom is 0.395 e. The molecule has 2 atom stereocenters. The predicted molar refractivity (Wildman–Crippen MR) is 127 cm³/mol. The molecule has 2 N–H and O–H groups in total. The van der Waals surface area contributed by atoms with Gasteiger partial charge in [0.2, 0.25) is 0 Å². The van der Waals surface area contributed by atoms with E-state index in [1.165, 1.54) is 23.5 Å². The van der Waals surface area contributed by atoms with Crippen LogP contribution in [0.1, 0.15) is 40.8 Å². The number of allylic oxidation sites excluding steroid dienone is 3. The first-order valence-corrected chi connectivity index (χ1v) is 12.0. The molecule has 8 nitrogen and oxygen atoms in total. The fourth-order valence-electron chi connectivity index (χ4n) is 4.15. The molecule has 1 amide bonds. The molecular weight excluding hydrogens is 479 g/mol. The average Bonchev–Trinajstić information content (AvgIpc) is 3.43. The van der Waals surface area contributed by atoms with Crippen molar-refractivity contribution in [3.8, 4) is 0 Å². The van der Waals surface area contributed by atoms with E-state index in [-0.39, 0.29) is 18.4 Å². The van der Waals surface area contributed by atoms with Gasteiger partial charge in [0.05, 0.1) is 36.0 Å². The number of likely N-dealkylation sites (tertiary alicyclic amines) is 1. The van der Waals surface area contributed by atoms with E-state index in [4.69, 9.17) is 0 Å². The fourth-order valence-corrected chi connectivity index (χ4v) is 4.99. The second kappa shape index (κ2) is 9.08. The highest BCUT2D eigenvalue weighted by atomic mass is 32.1. The van der Waals surface area contributed by atoms with Crippen LogP contribution >= 0.6 is 11.3 Å². The zero-order chi connectivity index (χ0) is 24.7. The van der Waals surface area contributed by atoms with Crippen molar-refractivity contribution < 1.29 is 18.0 Å². The second-order valence-corrected chi connectivity index (χ2v) is 9.94. The Morgan fingerprint density at radius 1 is 1.23 bits per heavy atom. The third-order valence-corrected chi connectivity index (χ3v) is 7.30. The quantitative estimate of drug-likeness (QED) is 0.522. The highest BCUT2D eigenvalue weighted by molar-refractivity contribution is 7.15. The largest absolute Gasteiger partial charge is 0.395 e. The van der Waals surface area contributed by atoms with Gasteiger partial charge in [0.15, 0.2) is 5.13 Å². The molecule has 1 fully saturated rings. The Morgan fingerprint density at radius 3 is 2.71 bits per heavy atom. The van der Waals surface area contributed by atoms with Crippen LogP contribution in [0.5, 0.6) is 0 Å². The number of aromatic nitrogens is 4. The third kappa shape index (κ3) is 4.94. The van der Waals surface area contributed by atoms with Crippen LogP contribution < -0.4 is 10.6 Å². The smallest absolute Gasteiger partial charge is 0.343 e. The number of alkyl halides is 3. The number of hydrogen-bond donors (Lipinski definition) is 2. The maximum atomic E-state index is 12.9. The molecule has 0 bridgehead atoms. The summed E-state index contributed by atoms with van der Waals surface area (Å²) in [6, 6.07) is 1.76. The van der Waals surface area contributed by atoms with Gasteiger partial charge in [-0.15, -0.1) is 0 Å². The van der Waals surface area contributed by atoms with Crippen molar-refractivity contribution in [3.63, 3.8) is 0 Å². The Bertz CT molecular complexity index is 1310. The summed E-state index contributed by atoms with van der Waals surface area (Å²) >= 11 is 1.33. The summed E-state index contributed by atoms with van der Waals surface area (Å²) in [7, 11) is 2.06. The number of carbonyl (C=O) groups excluding carboxylic acids is 1. The van der Waals surface area contributed by atoms with E-state index in [1.54, 1.807) is 24.8 Å². The molecule has 184 valence electrons. The van der Waals surface area contributed by atoms with Crippen molar-refractivity contribution >= 4 is 33.4 Å². The number of carbonyl (C=O) groups is 1. The number of thiazole rings is 1. The monoisotopic (exact) mass is 503 g/mol. The van der Waals surface area contributed by atoms with E-state index in [2.05, 4.69) is 42.1 Å². The first-order chi connectivity index (χ1) is 16.7. The molecule has 35 heavy (non-hydrogen) atoms. The number of likely N-dealkylation sites (N-methyl/N-ethyl adjacent to an activating group) is 1. The number of anilines is 1. The van der Waals surface area contributed by atoms with Crippen LogP contribution in [-0.2, 0) is 0 Å². The summed E-state index contributed by atoms with van der Waals surface area (Å²) in [5.74, 6) is -1.77. The zero-order valence-corrected chi connectivity index (χ0v) is 19.9. The lowest BCUT2D eigenvalue weighted by molar-refractivity contribution is -0.160. The van der Waals surface area contributed by atoms with E-state index in [0.717, 1.165) is 35.1 Å². The number of halogens is 3. The van der Waals surface area contributed by atoms with Crippen LogP contribution in [0.25, 0.3) is 11.0 Å². The standard InChI is InChI=1S/C23H24F3N7OS/c1-13(20-9-28-22(35-20)31-15-5-3-14(4-6-15)23(24,25)26)30-21(34)17-7-19-18(8-27-17)29-12-33(19)16-10-32(2)11-16/h3,5-9,12-14,16H,4,10-11H2,1-2H3,(H,28,31)(H,30,34)/t13-,14?/m1/s1. The molecule has 1 unspecified atom stereocenters. The SMILES string of the molecule is C[C@@H](NC(=O)c1cc2c(cn1)ncn2C1CN(C)C1)c1cnc(NC2=CCC(C(F)(F)F)C=C2)s1. The summed E-state index contributed by atoms with van der Waals surface area (Å²) in [6.07, 6.45) is 4.77. The molecule has 2 aliphatic rings. The van der Waals surface area contributed by atoms with E-state index in [1.807, 2.05) is 6.92 Å². The van der Waals surface area contributed by atoms with Crippen molar-refractivity contribution in [2.24, 2.45) is 5.92 Å². The molecule has 0 aromatic carbocycles. The van der Waals surface area contributed by atoms with Gasteiger partial charge in [0.25, 0.3) is 5.91 Å². The molecule has 1 saturated heterocycles. The van der Waals surface area contributed by atoms with Gasteiger partial charge in [0.1, 0.15) is 11.2 Å². The molecule has 1 aliphatic heterocycles. The van der Waals surface area contributed by atoms with Crippen LogP contribution in [0, 0.1) is 5.92 Å². The van der Waals surface area contributed by atoms with Gasteiger partial charge < -0.3 is 20.1 Å². The molecule has 0 radical (unpaired) electrons. The average molecular weight is 504 g/mol. The van der Waals surface area contributed by atoms with Gasteiger partial charge in [-0.2, -0.15) is 13.2 Å². The van der Waals surface area contributed by atoms with Gasteiger partial charge in [-0.05, 0) is 32.5 Å². The number of nitrogens with one attached hydrogen (secondary N) is 2. The minimum Gasteiger partial charge on any atom is -0.343 e. The topological polar surface area (TPSA) is 88.0 Å². The number of amides is 1. The van der Waals surface area contributed by atoms with Crippen molar-refractivity contribution in [2.75, 3.05) is 25.5 Å². The van der Waals surface area contributed by atoms with Crippen molar-refractivity contribution in [3.05, 3.63) is 59.3 Å². The van der Waals surface area contributed by atoms with Gasteiger partial charge in [0, 0.05) is 29.9 Å². The Balaban J connectivity index is 1.22. The summed E-state index contributed by atoms with van der Waals surface area (Å²) in [5.41, 5.74) is 2.49. The van der Waals surface area contributed by atoms with Crippen molar-refractivity contribution in [1.29, 1.82) is 0 Å². The second-order valence-electron chi connectivity index (χ2n) is 8.88. The number of hydrogen-bond acceptors (Lipinski definition) is 7. The van der Waals surface area contributed by atoms with Gasteiger partial charge in [-0.25, -0.2) is 15.0 Å². The Hall–Kier alpha value is -3.25. The summed E-state index contributed by atoms with van der Waals surface area (Å²) in [5, 5.41) is 6.52. The highest BCUT2D eigenvalue weighted by Gasteiger charge is 2.37. The fraction of sp³-hybridized carbons (Fsp3) is 0.391. The first-order valence-electron chi connectivity index (χ1n) is 11.2. The van der Waals surface area contributed by atoms with Gasteiger partial charge in [-0.3, -0.25) is 4.79 Å². The van der Waals surface area contributed by atoms with Gasteiger partial charge >= 0.3 is 6.18 Å². The molecule has 0 spiro atoms. The lowest BCUT2D eigenvalue weighted by Gasteiger charge is -2.37. The van der Waals surface area contributed by atoms with E-state index in [9.17, 15) is 18.0 Å². The molecule has 12 heteroatoms. The summed E-state index contributed by atoms with van der Waals surface area (Å²) < 4.78 is 40.5. The van der Waals surface area contributed by atoms with Gasteiger partial charge in [-0.1, -0.05) is 23.5 Å². The highest BCUT2D eigenvalue weighted by Crippen LogP contribution is 2.34. The Morgan fingerprint density at radius 2 is 2.03 bits per heavy atom.